The minimum Gasteiger partial charge on any atom is -0.282 e. The highest BCUT2D eigenvalue weighted by Gasteiger charge is 2.26. The summed E-state index contributed by atoms with van der Waals surface area (Å²) in [5.74, 6) is -0.322. The maximum atomic E-state index is 11.4. The van der Waals surface area contributed by atoms with Crippen molar-refractivity contribution >= 4 is 22.9 Å². The van der Waals surface area contributed by atoms with Crippen LogP contribution in [0.5, 0.6) is 0 Å². The van der Waals surface area contributed by atoms with Gasteiger partial charge in [-0.3, -0.25) is 14.9 Å². The van der Waals surface area contributed by atoms with Gasteiger partial charge in [0.15, 0.2) is 0 Å². The Morgan fingerprint density at radius 1 is 1.25 bits per heavy atom. The van der Waals surface area contributed by atoms with Crippen LogP contribution in [-0.4, -0.2) is 11.1 Å². The Morgan fingerprint density at radius 2 is 2.00 bits per heavy atom. The molecule has 1 saturated heterocycles. The fraction of sp³-hybridized carbons (Fsp3) is 0.400. The number of allylic oxidation sites excluding steroid dienone is 9. The summed E-state index contributed by atoms with van der Waals surface area (Å²) in [7, 11) is 0. The fourth-order valence-electron chi connectivity index (χ4n) is 3.07. The molecule has 0 aromatic carbocycles. The quantitative estimate of drug-likeness (QED) is 0.546. The van der Waals surface area contributed by atoms with E-state index in [4.69, 9.17) is 0 Å². The number of imide groups is 1. The number of hydrogen-bond donors (Lipinski definition) is 1. The molecular formula is C20H25NO2S. The van der Waals surface area contributed by atoms with Crippen LogP contribution in [0.25, 0.3) is 0 Å². The van der Waals surface area contributed by atoms with E-state index < -0.39 is 0 Å². The molecule has 1 N–H and O–H groups in total. The maximum absolute atomic E-state index is 11.4. The zero-order chi connectivity index (χ0) is 17.7. The zero-order valence-corrected chi connectivity index (χ0v) is 15.6. The molecule has 1 heterocycles. The van der Waals surface area contributed by atoms with Crippen LogP contribution in [-0.2, 0) is 4.79 Å². The number of carbonyl (C=O) groups is 2. The van der Waals surface area contributed by atoms with Crippen LogP contribution in [0.2, 0.25) is 0 Å². The van der Waals surface area contributed by atoms with Crippen molar-refractivity contribution in [3.8, 4) is 0 Å². The van der Waals surface area contributed by atoms with Crippen LogP contribution < -0.4 is 5.32 Å². The van der Waals surface area contributed by atoms with Gasteiger partial charge >= 0.3 is 0 Å². The van der Waals surface area contributed by atoms with E-state index in [-0.39, 0.29) is 16.6 Å². The van der Waals surface area contributed by atoms with Gasteiger partial charge in [0, 0.05) is 0 Å². The van der Waals surface area contributed by atoms with Crippen molar-refractivity contribution in [1.82, 2.24) is 5.32 Å². The number of amides is 2. The summed E-state index contributed by atoms with van der Waals surface area (Å²) in [4.78, 5) is 22.9. The second kappa shape index (κ2) is 7.84. The predicted molar refractivity (Wildman–Crippen MR) is 102 cm³/mol. The lowest BCUT2D eigenvalue weighted by Crippen LogP contribution is -2.19. The minimum absolute atomic E-state index is 0.249. The molecule has 1 aliphatic heterocycles. The Balaban J connectivity index is 2.01. The van der Waals surface area contributed by atoms with Gasteiger partial charge in [-0.1, -0.05) is 55.4 Å². The van der Waals surface area contributed by atoms with Crippen molar-refractivity contribution in [2.24, 2.45) is 5.41 Å². The molecule has 0 saturated carbocycles. The van der Waals surface area contributed by atoms with Crippen LogP contribution in [0.4, 0.5) is 4.79 Å². The van der Waals surface area contributed by atoms with Crippen molar-refractivity contribution < 1.29 is 9.59 Å². The van der Waals surface area contributed by atoms with Crippen molar-refractivity contribution in [3.05, 3.63) is 58.1 Å². The molecule has 0 aromatic heterocycles. The second-order valence-corrected chi connectivity index (χ2v) is 7.95. The lowest BCUT2D eigenvalue weighted by Gasteiger charge is -2.32. The topological polar surface area (TPSA) is 46.2 Å². The first-order valence-electron chi connectivity index (χ1n) is 8.26. The average molecular weight is 343 g/mol. The number of rotatable bonds is 4. The van der Waals surface area contributed by atoms with Crippen molar-refractivity contribution in [2.45, 2.75) is 47.0 Å². The van der Waals surface area contributed by atoms with Crippen molar-refractivity contribution in [1.29, 1.82) is 0 Å². The van der Waals surface area contributed by atoms with Crippen LogP contribution in [0.15, 0.2) is 58.1 Å². The molecule has 0 atom stereocenters. The molecule has 128 valence electrons. The largest absolute Gasteiger partial charge is 0.290 e. The molecule has 3 nitrogen and oxygen atoms in total. The van der Waals surface area contributed by atoms with Gasteiger partial charge in [-0.25, -0.2) is 0 Å². The van der Waals surface area contributed by atoms with E-state index >= 15 is 0 Å². The Labute approximate surface area is 148 Å². The maximum Gasteiger partial charge on any atom is 0.290 e. The number of hydrogen-bond acceptors (Lipinski definition) is 3. The van der Waals surface area contributed by atoms with Crippen molar-refractivity contribution in [2.75, 3.05) is 0 Å². The van der Waals surface area contributed by atoms with Gasteiger partial charge in [-0.2, -0.15) is 0 Å². The van der Waals surface area contributed by atoms with Crippen LogP contribution in [0.3, 0.4) is 0 Å². The van der Waals surface area contributed by atoms with E-state index in [0.717, 1.165) is 17.3 Å². The van der Waals surface area contributed by atoms with Crippen molar-refractivity contribution in [3.63, 3.8) is 0 Å². The highest BCUT2D eigenvalue weighted by Crippen LogP contribution is 2.40. The normalized spacial score (nSPS) is 23.8. The molecule has 0 unspecified atom stereocenters. The van der Waals surface area contributed by atoms with Gasteiger partial charge in [0.2, 0.25) is 0 Å². The molecule has 2 aliphatic rings. The molecule has 0 aromatic rings. The Bertz CT molecular complexity index is 690. The summed E-state index contributed by atoms with van der Waals surface area (Å²) < 4.78 is 0. The summed E-state index contributed by atoms with van der Waals surface area (Å²) in [6, 6.07) is 0. The molecule has 1 aliphatic carbocycles. The van der Waals surface area contributed by atoms with Gasteiger partial charge in [-0.05, 0) is 61.9 Å². The van der Waals surface area contributed by atoms with Gasteiger partial charge < -0.3 is 0 Å². The molecule has 1 fully saturated rings. The number of thioether (sulfide) groups is 1. The number of carbonyl (C=O) groups excluding carboxylic acids is 2. The highest BCUT2D eigenvalue weighted by molar-refractivity contribution is 8.18. The zero-order valence-electron chi connectivity index (χ0n) is 14.8. The summed E-state index contributed by atoms with van der Waals surface area (Å²) in [6.45, 7) is 8.91. The van der Waals surface area contributed by atoms with Gasteiger partial charge in [0.25, 0.3) is 11.1 Å². The molecule has 0 spiro atoms. The van der Waals surface area contributed by atoms with E-state index in [0.29, 0.717) is 4.91 Å². The molecule has 2 rings (SSSR count). The number of nitrogens with one attached hydrogen (secondary N) is 1. The second-order valence-electron chi connectivity index (χ2n) is 6.93. The molecule has 4 heteroatoms. The monoisotopic (exact) mass is 343 g/mol. The first-order chi connectivity index (χ1) is 11.3. The molecular weight excluding hydrogens is 318 g/mol. The van der Waals surface area contributed by atoms with Crippen LogP contribution in [0, 0.1) is 5.41 Å². The third kappa shape index (κ3) is 4.84. The highest BCUT2D eigenvalue weighted by atomic mass is 32.2. The third-order valence-electron chi connectivity index (χ3n) is 4.42. The smallest absolute Gasteiger partial charge is 0.282 e. The summed E-state index contributed by atoms with van der Waals surface area (Å²) >= 11 is 0.931. The Hall–Kier alpha value is -1.81. The van der Waals surface area contributed by atoms with E-state index in [2.05, 4.69) is 45.2 Å². The fourth-order valence-corrected chi connectivity index (χ4v) is 3.70. The van der Waals surface area contributed by atoms with E-state index in [9.17, 15) is 9.59 Å². The Kier molecular flexibility index (Phi) is 6.05. The molecule has 2 amide bonds. The van der Waals surface area contributed by atoms with Gasteiger partial charge in [0.1, 0.15) is 0 Å². The first-order valence-corrected chi connectivity index (χ1v) is 9.08. The minimum atomic E-state index is -0.322. The molecule has 24 heavy (non-hydrogen) atoms. The summed E-state index contributed by atoms with van der Waals surface area (Å²) in [6.07, 6.45) is 15.4. The lowest BCUT2D eigenvalue weighted by atomic mass is 9.72. The van der Waals surface area contributed by atoms with Crippen LogP contribution >= 0.6 is 11.8 Å². The van der Waals surface area contributed by atoms with E-state index in [1.165, 1.54) is 30.4 Å². The first kappa shape index (κ1) is 18.5. The molecule has 0 bridgehead atoms. The van der Waals surface area contributed by atoms with Gasteiger partial charge in [0.05, 0.1) is 4.91 Å². The third-order valence-corrected chi connectivity index (χ3v) is 5.24. The summed E-state index contributed by atoms with van der Waals surface area (Å²) in [5, 5.41) is 1.92. The van der Waals surface area contributed by atoms with Crippen LogP contribution in [0.1, 0.15) is 47.0 Å². The predicted octanol–water partition coefficient (Wildman–Crippen LogP) is 5.44. The average Bonchev–Trinajstić information content (AvgIpc) is 2.80. The van der Waals surface area contributed by atoms with Gasteiger partial charge in [-0.15, -0.1) is 0 Å². The Morgan fingerprint density at radius 3 is 2.62 bits per heavy atom. The lowest BCUT2D eigenvalue weighted by molar-refractivity contribution is -0.115. The van der Waals surface area contributed by atoms with E-state index in [1.54, 1.807) is 12.2 Å². The SMILES string of the molecule is CC1=C(/C=C/C(C)=C\C=C\C=C2/SC(=O)NC2=O)C(C)(C)CCC1. The van der Waals surface area contributed by atoms with E-state index in [1.807, 2.05) is 12.2 Å². The molecule has 0 radical (unpaired) electrons. The standard InChI is InChI=1S/C20H25NO2S/c1-14(8-5-6-10-17-18(22)21-19(23)24-17)11-12-16-15(2)9-7-13-20(16,3)4/h5-6,8,10-12H,7,9,13H2,1-4H3,(H,21,22,23)/b6-5+,12-11+,14-8-,17-10-. The summed E-state index contributed by atoms with van der Waals surface area (Å²) in [5.41, 5.74) is 4.33.